The van der Waals surface area contributed by atoms with Gasteiger partial charge in [0.15, 0.2) is 0 Å². The van der Waals surface area contributed by atoms with Crippen LogP contribution in [0.25, 0.3) is 0 Å². The molecular formula is C9H17NO. The molecule has 1 rings (SSSR count). The van der Waals surface area contributed by atoms with E-state index in [1.165, 1.54) is 6.42 Å². The molecule has 1 aliphatic rings. The van der Waals surface area contributed by atoms with E-state index in [-0.39, 0.29) is 0 Å². The largest absolute Gasteiger partial charge is 0.316 e. The summed E-state index contributed by atoms with van der Waals surface area (Å²) in [7, 11) is 0. The number of carbonyl (C=O) groups is 1. The second-order valence-electron chi connectivity index (χ2n) is 3.29. The standard InChI is InChI=1S/C9H17NO/c1-2-9(11)4-3-8-5-6-10-7-8/h8,10H,2-7H2,1H3. The molecule has 1 fully saturated rings. The molecule has 1 heterocycles. The van der Waals surface area contributed by atoms with Crippen LogP contribution in [0.15, 0.2) is 0 Å². The highest BCUT2D eigenvalue weighted by molar-refractivity contribution is 5.77. The van der Waals surface area contributed by atoms with Crippen LogP contribution in [0.1, 0.15) is 32.6 Å². The zero-order valence-corrected chi connectivity index (χ0v) is 7.23. The molecule has 0 aliphatic carbocycles. The quantitative estimate of drug-likeness (QED) is 0.664. The third kappa shape index (κ3) is 3.02. The molecule has 2 heteroatoms. The normalized spacial score (nSPS) is 23.9. The summed E-state index contributed by atoms with van der Waals surface area (Å²) >= 11 is 0. The minimum atomic E-state index is 0.414. The van der Waals surface area contributed by atoms with Crippen molar-refractivity contribution in [1.29, 1.82) is 0 Å². The second-order valence-corrected chi connectivity index (χ2v) is 3.29. The van der Waals surface area contributed by atoms with E-state index in [0.717, 1.165) is 31.8 Å². The van der Waals surface area contributed by atoms with Crippen LogP contribution in [0, 0.1) is 5.92 Å². The lowest BCUT2D eigenvalue weighted by Gasteiger charge is -2.05. The molecule has 0 aromatic heterocycles. The third-order valence-electron chi connectivity index (χ3n) is 2.39. The summed E-state index contributed by atoms with van der Waals surface area (Å²) in [5, 5.41) is 3.30. The fraction of sp³-hybridized carbons (Fsp3) is 0.889. The van der Waals surface area contributed by atoms with Gasteiger partial charge >= 0.3 is 0 Å². The Hall–Kier alpha value is -0.370. The highest BCUT2D eigenvalue weighted by Gasteiger charge is 2.14. The number of Topliss-reactive ketones (excluding diaryl/α,β-unsaturated/α-hetero) is 1. The maximum atomic E-state index is 10.9. The van der Waals surface area contributed by atoms with Gasteiger partial charge in [0, 0.05) is 12.8 Å². The summed E-state index contributed by atoms with van der Waals surface area (Å²) < 4.78 is 0. The van der Waals surface area contributed by atoms with E-state index in [1.54, 1.807) is 0 Å². The smallest absolute Gasteiger partial charge is 0.132 e. The van der Waals surface area contributed by atoms with Crippen molar-refractivity contribution in [3.8, 4) is 0 Å². The molecule has 0 spiro atoms. The van der Waals surface area contributed by atoms with E-state index in [4.69, 9.17) is 0 Å². The minimum Gasteiger partial charge on any atom is -0.316 e. The molecular weight excluding hydrogens is 138 g/mol. The first kappa shape index (κ1) is 8.72. The molecule has 0 saturated carbocycles. The van der Waals surface area contributed by atoms with Gasteiger partial charge in [-0.05, 0) is 31.8 Å². The molecule has 0 radical (unpaired) electrons. The first-order valence-corrected chi connectivity index (χ1v) is 4.55. The van der Waals surface area contributed by atoms with Crippen molar-refractivity contribution in [2.75, 3.05) is 13.1 Å². The SMILES string of the molecule is CCC(=O)CCC1CCNC1. The zero-order chi connectivity index (χ0) is 8.10. The van der Waals surface area contributed by atoms with Gasteiger partial charge in [0.2, 0.25) is 0 Å². The van der Waals surface area contributed by atoms with E-state index in [9.17, 15) is 4.79 Å². The van der Waals surface area contributed by atoms with Gasteiger partial charge in [-0.2, -0.15) is 0 Å². The Morgan fingerprint density at radius 3 is 3.00 bits per heavy atom. The molecule has 1 aliphatic heterocycles. The van der Waals surface area contributed by atoms with Crippen molar-refractivity contribution < 1.29 is 4.79 Å². The topological polar surface area (TPSA) is 29.1 Å². The number of nitrogens with one attached hydrogen (secondary N) is 1. The van der Waals surface area contributed by atoms with Crippen molar-refractivity contribution >= 4 is 5.78 Å². The molecule has 1 unspecified atom stereocenters. The van der Waals surface area contributed by atoms with Gasteiger partial charge in [0.25, 0.3) is 0 Å². The van der Waals surface area contributed by atoms with Crippen LogP contribution in [0.4, 0.5) is 0 Å². The van der Waals surface area contributed by atoms with E-state index >= 15 is 0 Å². The Kier molecular flexibility index (Phi) is 3.57. The summed E-state index contributed by atoms with van der Waals surface area (Å²) in [6.07, 6.45) is 3.86. The molecule has 0 bridgehead atoms. The first-order valence-electron chi connectivity index (χ1n) is 4.55. The Morgan fingerprint density at radius 1 is 1.64 bits per heavy atom. The Bertz CT molecular complexity index is 128. The number of rotatable bonds is 4. The lowest BCUT2D eigenvalue weighted by atomic mass is 10.0. The van der Waals surface area contributed by atoms with E-state index in [0.29, 0.717) is 12.2 Å². The van der Waals surface area contributed by atoms with Crippen LogP contribution in [-0.2, 0) is 4.79 Å². The van der Waals surface area contributed by atoms with Gasteiger partial charge in [-0.25, -0.2) is 0 Å². The third-order valence-corrected chi connectivity index (χ3v) is 2.39. The summed E-state index contributed by atoms with van der Waals surface area (Å²) in [5.41, 5.74) is 0. The number of carbonyl (C=O) groups excluding carboxylic acids is 1. The highest BCUT2D eigenvalue weighted by Crippen LogP contribution is 2.14. The second kappa shape index (κ2) is 4.50. The predicted octanol–water partition coefficient (Wildman–Crippen LogP) is 1.36. The van der Waals surface area contributed by atoms with E-state index in [2.05, 4.69) is 5.32 Å². The van der Waals surface area contributed by atoms with E-state index < -0.39 is 0 Å². The van der Waals surface area contributed by atoms with Gasteiger partial charge in [-0.3, -0.25) is 4.79 Å². The lowest BCUT2D eigenvalue weighted by Crippen LogP contribution is -2.10. The summed E-state index contributed by atoms with van der Waals surface area (Å²) in [4.78, 5) is 10.9. The fourth-order valence-corrected chi connectivity index (χ4v) is 1.50. The van der Waals surface area contributed by atoms with Gasteiger partial charge < -0.3 is 5.32 Å². The van der Waals surface area contributed by atoms with Crippen LogP contribution in [0.2, 0.25) is 0 Å². The van der Waals surface area contributed by atoms with Crippen molar-refractivity contribution in [2.45, 2.75) is 32.6 Å². The monoisotopic (exact) mass is 155 g/mol. The summed E-state index contributed by atoms with van der Waals surface area (Å²) in [5.74, 6) is 1.18. The van der Waals surface area contributed by atoms with Crippen LogP contribution in [0.5, 0.6) is 0 Å². The number of hydrogen-bond donors (Lipinski definition) is 1. The van der Waals surface area contributed by atoms with Crippen molar-refractivity contribution in [1.82, 2.24) is 5.32 Å². The van der Waals surface area contributed by atoms with Crippen LogP contribution in [0.3, 0.4) is 0 Å². The first-order chi connectivity index (χ1) is 5.33. The molecule has 64 valence electrons. The van der Waals surface area contributed by atoms with Crippen molar-refractivity contribution in [2.24, 2.45) is 5.92 Å². The zero-order valence-electron chi connectivity index (χ0n) is 7.23. The fourth-order valence-electron chi connectivity index (χ4n) is 1.50. The van der Waals surface area contributed by atoms with E-state index in [1.807, 2.05) is 6.92 Å². The Labute approximate surface area is 68.4 Å². The summed E-state index contributed by atoms with van der Waals surface area (Å²) in [6.45, 7) is 4.21. The Balaban J connectivity index is 2.06. The molecule has 0 amide bonds. The molecule has 1 atom stereocenters. The van der Waals surface area contributed by atoms with Crippen molar-refractivity contribution in [3.63, 3.8) is 0 Å². The number of ketones is 1. The van der Waals surface area contributed by atoms with Crippen LogP contribution >= 0.6 is 0 Å². The maximum absolute atomic E-state index is 10.9. The van der Waals surface area contributed by atoms with Gasteiger partial charge in [0.1, 0.15) is 5.78 Å². The Morgan fingerprint density at radius 2 is 2.45 bits per heavy atom. The molecule has 1 saturated heterocycles. The molecule has 11 heavy (non-hydrogen) atoms. The highest BCUT2D eigenvalue weighted by atomic mass is 16.1. The van der Waals surface area contributed by atoms with Gasteiger partial charge in [-0.1, -0.05) is 6.92 Å². The molecule has 0 aromatic rings. The average molecular weight is 155 g/mol. The number of hydrogen-bond acceptors (Lipinski definition) is 2. The predicted molar refractivity (Wildman–Crippen MR) is 45.5 cm³/mol. The molecule has 2 nitrogen and oxygen atoms in total. The van der Waals surface area contributed by atoms with Gasteiger partial charge in [0.05, 0.1) is 0 Å². The van der Waals surface area contributed by atoms with Crippen LogP contribution < -0.4 is 5.32 Å². The lowest BCUT2D eigenvalue weighted by molar-refractivity contribution is -0.119. The average Bonchev–Trinajstić information content (AvgIpc) is 2.52. The van der Waals surface area contributed by atoms with Gasteiger partial charge in [-0.15, -0.1) is 0 Å². The van der Waals surface area contributed by atoms with Crippen LogP contribution in [-0.4, -0.2) is 18.9 Å². The molecule has 0 aromatic carbocycles. The maximum Gasteiger partial charge on any atom is 0.132 e. The summed E-state index contributed by atoms with van der Waals surface area (Å²) in [6, 6.07) is 0. The van der Waals surface area contributed by atoms with Crippen molar-refractivity contribution in [3.05, 3.63) is 0 Å². The minimum absolute atomic E-state index is 0.414. The molecule has 1 N–H and O–H groups in total.